The van der Waals surface area contributed by atoms with Gasteiger partial charge in [-0.2, -0.15) is 0 Å². The van der Waals surface area contributed by atoms with Crippen molar-refractivity contribution in [2.75, 3.05) is 13.7 Å². The molecule has 3 rings (SSSR count). The molecule has 0 aliphatic rings. The number of thiazole rings is 1. The summed E-state index contributed by atoms with van der Waals surface area (Å²) in [5.41, 5.74) is 0.934. The fourth-order valence-corrected chi connectivity index (χ4v) is 3.55. The van der Waals surface area contributed by atoms with Gasteiger partial charge in [0.2, 0.25) is 0 Å². The molecule has 0 saturated carbocycles. The Labute approximate surface area is 156 Å². The molecule has 0 spiro atoms. The number of aromatic nitrogens is 1. The molecule has 26 heavy (non-hydrogen) atoms. The SMILES string of the molecule is CCCN(Cc1nc(C(=O)OC)cs1)C(=O)c1ccc2ccccc2c1. The minimum atomic E-state index is -0.463. The molecule has 0 N–H and O–H groups in total. The average Bonchev–Trinajstić information content (AvgIpc) is 3.14. The van der Waals surface area contributed by atoms with Crippen LogP contribution >= 0.6 is 11.3 Å². The van der Waals surface area contributed by atoms with Crippen LogP contribution in [-0.4, -0.2) is 35.4 Å². The zero-order valence-corrected chi connectivity index (χ0v) is 15.6. The number of amides is 1. The Bertz CT molecular complexity index is 935. The Morgan fingerprint density at radius 3 is 2.65 bits per heavy atom. The summed E-state index contributed by atoms with van der Waals surface area (Å²) < 4.78 is 4.68. The maximum absolute atomic E-state index is 13.0. The van der Waals surface area contributed by atoms with Gasteiger partial charge in [0.05, 0.1) is 13.7 Å². The lowest BCUT2D eigenvalue weighted by Crippen LogP contribution is -2.31. The standard InChI is InChI=1S/C20H20N2O3S/c1-3-10-22(12-18-21-17(13-26-18)20(24)25-2)19(23)16-9-8-14-6-4-5-7-15(14)11-16/h4-9,11,13H,3,10,12H2,1-2H3. The summed E-state index contributed by atoms with van der Waals surface area (Å²) in [5, 5.41) is 4.52. The third kappa shape index (κ3) is 3.91. The first-order chi connectivity index (χ1) is 12.6. The highest BCUT2D eigenvalue weighted by Crippen LogP contribution is 2.19. The van der Waals surface area contributed by atoms with Crippen LogP contribution in [0.5, 0.6) is 0 Å². The van der Waals surface area contributed by atoms with Crippen molar-refractivity contribution in [2.45, 2.75) is 19.9 Å². The van der Waals surface area contributed by atoms with Gasteiger partial charge in [-0.05, 0) is 29.3 Å². The van der Waals surface area contributed by atoms with E-state index in [1.54, 1.807) is 10.3 Å². The molecule has 0 unspecified atom stereocenters. The summed E-state index contributed by atoms with van der Waals surface area (Å²) in [6.45, 7) is 3.03. The number of hydrogen-bond acceptors (Lipinski definition) is 5. The Balaban J connectivity index is 1.82. The van der Waals surface area contributed by atoms with Crippen LogP contribution in [0.1, 0.15) is 39.2 Å². The van der Waals surface area contributed by atoms with E-state index >= 15 is 0 Å². The average molecular weight is 368 g/mol. The number of hydrogen-bond donors (Lipinski definition) is 0. The quantitative estimate of drug-likeness (QED) is 0.614. The van der Waals surface area contributed by atoms with Crippen molar-refractivity contribution >= 4 is 34.0 Å². The van der Waals surface area contributed by atoms with E-state index in [0.717, 1.165) is 17.2 Å². The van der Waals surface area contributed by atoms with Crippen LogP contribution in [-0.2, 0) is 11.3 Å². The van der Waals surface area contributed by atoms with E-state index in [9.17, 15) is 9.59 Å². The summed E-state index contributed by atoms with van der Waals surface area (Å²) in [7, 11) is 1.33. The summed E-state index contributed by atoms with van der Waals surface area (Å²) in [6.07, 6.45) is 0.842. The molecule has 1 aromatic heterocycles. The second-order valence-corrected chi connectivity index (χ2v) is 6.85. The molecule has 134 valence electrons. The van der Waals surface area contributed by atoms with Gasteiger partial charge >= 0.3 is 5.97 Å². The van der Waals surface area contributed by atoms with Crippen molar-refractivity contribution in [2.24, 2.45) is 0 Å². The first-order valence-electron chi connectivity index (χ1n) is 8.43. The maximum Gasteiger partial charge on any atom is 0.357 e. The molecule has 3 aromatic rings. The van der Waals surface area contributed by atoms with Gasteiger partial charge in [0.15, 0.2) is 5.69 Å². The molecule has 5 nitrogen and oxygen atoms in total. The summed E-state index contributed by atoms with van der Waals surface area (Å²) in [6, 6.07) is 13.7. The van der Waals surface area contributed by atoms with Crippen molar-refractivity contribution in [3.8, 4) is 0 Å². The number of carbonyl (C=O) groups is 2. The third-order valence-corrected chi connectivity index (χ3v) is 4.88. The first-order valence-corrected chi connectivity index (χ1v) is 9.31. The number of fused-ring (bicyclic) bond motifs is 1. The molecule has 6 heteroatoms. The van der Waals surface area contributed by atoms with Crippen LogP contribution < -0.4 is 0 Å². The van der Waals surface area contributed by atoms with Gasteiger partial charge in [0.25, 0.3) is 5.91 Å². The molecule has 0 atom stereocenters. The fourth-order valence-electron chi connectivity index (χ4n) is 2.77. The third-order valence-electron chi connectivity index (χ3n) is 4.05. The number of rotatable bonds is 6. The van der Waals surface area contributed by atoms with Crippen LogP contribution in [0.2, 0.25) is 0 Å². The van der Waals surface area contributed by atoms with Crippen LogP contribution in [0.3, 0.4) is 0 Å². The lowest BCUT2D eigenvalue weighted by molar-refractivity contribution is 0.0594. The fraction of sp³-hybridized carbons (Fsp3) is 0.250. The molecule has 0 bridgehead atoms. The number of methoxy groups -OCH3 is 1. The van der Waals surface area contributed by atoms with Crippen molar-refractivity contribution < 1.29 is 14.3 Å². The van der Waals surface area contributed by atoms with Crippen LogP contribution in [0.25, 0.3) is 10.8 Å². The zero-order chi connectivity index (χ0) is 18.5. The number of ether oxygens (including phenoxy) is 1. The van der Waals surface area contributed by atoms with E-state index in [1.165, 1.54) is 18.4 Å². The van der Waals surface area contributed by atoms with Crippen molar-refractivity contribution in [3.63, 3.8) is 0 Å². The van der Waals surface area contributed by atoms with Crippen LogP contribution in [0.15, 0.2) is 47.8 Å². The van der Waals surface area contributed by atoms with Gasteiger partial charge in [-0.15, -0.1) is 11.3 Å². The van der Waals surface area contributed by atoms with Crippen LogP contribution in [0, 0.1) is 0 Å². The topological polar surface area (TPSA) is 59.5 Å². The Hall–Kier alpha value is -2.73. The normalized spacial score (nSPS) is 10.7. The molecule has 1 amide bonds. The minimum absolute atomic E-state index is 0.0348. The van der Waals surface area contributed by atoms with E-state index < -0.39 is 5.97 Å². The summed E-state index contributed by atoms with van der Waals surface area (Å²) >= 11 is 1.36. The number of carbonyl (C=O) groups excluding carboxylic acids is 2. The van der Waals surface area contributed by atoms with Crippen molar-refractivity contribution in [3.05, 3.63) is 64.1 Å². The highest BCUT2D eigenvalue weighted by molar-refractivity contribution is 7.09. The lowest BCUT2D eigenvalue weighted by atomic mass is 10.1. The highest BCUT2D eigenvalue weighted by atomic mass is 32.1. The number of benzene rings is 2. The summed E-state index contributed by atoms with van der Waals surface area (Å²) in [5.74, 6) is -0.497. The van der Waals surface area contributed by atoms with Crippen LogP contribution in [0.4, 0.5) is 0 Å². The molecule has 1 heterocycles. The largest absolute Gasteiger partial charge is 0.464 e. The van der Waals surface area contributed by atoms with E-state index in [2.05, 4.69) is 9.72 Å². The van der Waals surface area contributed by atoms with Gasteiger partial charge in [-0.3, -0.25) is 4.79 Å². The van der Waals surface area contributed by atoms with E-state index in [-0.39, 0.29) is 11.6 Å². The monoisotopic (exact) mass is 368 g/mol. The molecule has 2 aromatic carbocycles. The Kier molecular flexibility index (Phi) is 5.63. The summed E-state index contributed by atoms with van der Waals surface area (Å²) in [4.78, 5) is 30.6. The molecule has 0 aliphatic carbocycles. The lowest BCUT2D eigenvalue weighted by Gasteiger charge is -2.21. The molecule has 0 aliphatic heterocycles. The smallest absolute Gasteiger partial charge is 0.357 e. The first kappa shape index (κ1) is 18.1. The second kappa shape index (κ2) is 8.10. The zero-order valence-electron chi connectivity index (χ0n) is 14.8. The van der Waals surface area contributed by atoms with Gasteiger partial charge in [0, 0.05) is 17.5 Å². The molecule has 0 saturated heterocycles. The van der Waals surface area contributed by atoms with Crippen molar-refractivity contribution in [1.82, 2.24) is 9.88 Å². The van der Waals surface area contributed by atoms with E-state index in [0.29, 0.717) is 23.7 Å². The van der Waals surface area contributed by atoms with E-state index in [1.807, 2.05) is 49.4 Å². The number of nitrogens with zero attached hydrogens (tertiary/aromatic N) is 2. The predicted octanol–water partition coefficient (Wildman–Crippen LogP) is 4.14. The highest BCUT2D eigenvalue weighted by Gasteiger charge is 2.18. The number of esters is 1. The Morgan fingerprint density at radius 1 is 1.15 bits per heavy atom. The molecular formula is C20H20N2O3S. The molecule has 0 radical (unpaired) electrons. The van der Waals surface area contributed by atoms with Gasteiger partial charge in [-0.25, -0.2) is 9.78 Å². The Morgan fingerprint density at radius 2 is 1.92 bits per heavy atom. The predicted molar refractivity (Wildman–Crippen MR) is 102 cm³/mol. The molecular weight excluding hydrogens is 348 g/mol. The van der Waals surface area contributed by atoms with Gasteiger partial charge < -0.3 is 9.64 Å². The van der Waals surface area contributed by atoms with Gasteiger partial charge in [-0.1, -0.05) is 37.3 Å². The van der Waals surface area contributed by atoms with E-state index in [4.69, 9.17) is 0 Å². The minimum Gasteiger partial charge on any atom is -0.464 e. The molecule has 0 fully saturated rings. The van der Waals surface area contributed by atoms with Crippen molar-refractivity contribution in [1.29, 1.82) is 0 Å². The second-order valence-electron chi connectivity index (χ2n) is 5.91. The maximum atomic E-state index is 13.0. The van der Waals surface area contributed by atoms with Gasteiger partial charge in [0.1, 0.15) is 5.01 Å².